The third kappa shape index (κ3) is 1.63. The SMILES string of the molecule is O=C(O)c1cc(N2C(=O)[C@@H]3[C@@H]4C=C[C@H]([C@@H]5C[C@@H]45)[C@H]3C2=O)ccc1Cl. The number of imide groups is 1. The van der Waals surface area contributed by atoms with Crippen LogP contribution in [-0.2, 0) is 9.59 Å². The van der Waals surface area contributed by atoms with Gasteiger partial charge in [-0.2, -0.15) is 0 Å². The molecule has 0 spiro atoms. The van der Waals surface area contributed by atoms with Crippen LogP contribution in [0.25, 0.3) is 0 Å². The van der Waals surface area contributed by atoms with Gasteiger partial charge in [-0.15, -0.1) is 0 Å². The van der Waals surface area contributed by atoms with E-state index in [1.165, 1.54) is 23.1 Å². The van der Waals surface area contributed by atoms with Gasteiger partial charge in [0.05, 0.1) is 28.1 Å². The average Bonchev–Trinajstić information content (AvgIpc) is 3.33. The Labute approximate surface area is 142 Å². The predicted molar refractivity (Wildman–Crippen MR) is 85.6 cm³/mol. The molecule has 1 saturated heterocycles. The van der Waals surface area contributed by atoms with E-state index in [0.29, 0.717) is 17.5 Å². The zero-order chi connectivity index (χ0) is 16.7. The molecular weight excluding hydrogens is 330 g/mol. The smallest absolute Gasteiger partial charge is 0.337 e. The fourth-order valence-corrected chi connectivity index (χ4v) is 5.23. The third-order valence-corrected chi connectivity index (χ3v) is 6.43. The van der Waals surface area contributed by atoms with E-state index in [9.17, 15) is 19.5 Å². The highest BCUT2D eigenvalue weighted by Crippen LogP contribution is 2.65. The van der Waals surface area contributed by atoms with Crippen molar-refractivity contribution in [3.05, 3.63) is 40.9 Å². The molecule has 0 aromatic heterocycles. The Morgan fingerprint density at radius 1 is 1.08 bits per heavy atom. The number of amides is 2. The van der Waals surface area contributed by atoms with Gasteiger partial charge in [-0.1, -0.05) is 23.8 Å². The second-order valence-electron chi connectivity index (χ2n) is 7.14. The molecule has 24 heavy (non-hydrogen) atoms. The maximum Gasteiger partial charge on any atom is 0.337 e. The van der Waals surface area contributed by atoms with Gasteiger partial charge >= 0.3 is 5.97 Å². The van der Waals surface area contributed by atoms with Crippen LogP contribution < -0.4 is 4.90 Å². The molecule has 1 N–H and O–H groups in total. The molecule has 1 heterocycles. The van der Waals surface area contributed by atoms with Crippen molar-refractivity contribution in [2.24, 2.45) is 35.5 Å². The van der Waals surface area contributed by atoms with Crippen molar-refractivity contribution in [1.29, 1.82) is 0 Å². The Morgan fingerprint density at radius 3 is 2.21 bits per heavy atom. The number of carbonyl (C=O) groups excluding carboxylic acids is 2. The summed E-state index contributed by atoms with van der Waals surface area (Å²) in [6, 6.07) is 4.28. The van der Waals surface area contributed by atoms with Crippen LogP contribution >= 0.6 is 11.6 Å². The number of nitrogens with zero attached hydrogens (tertiary/aromatic N) is 1. The van der Waals surface area contributed by atoms with Gasteiger partial charge in [0.2, 0.25) is 11.8 Å². The Hall–Kier alpha value is -2.14. The van der Waals surface area contributed by atoms with Gasteiger partial charge in [0, 0.05) is 0 Å². The Kier molecular flexibility index (Phi) is 2.65. The number of benzene rings is 1. The van der Waals surface area contributed by atoms with E-state index in [4.69, 9.17) is 11.6 Å². The topological polar surface area (TPSA) is 74.7 Å². The molecule has 6 rings (SSSR count). The van der Waals surface area contributed by atoms with E-state index >= 15 is 0 Å². The first-order chi connectivity index (χ1) is 11.5. The van der Waals surface area contributed by atoms with E-state index in [1.54, 1.807) is 0 Å². The molecule has 5 nitrogen and oxygen atoms in total. The normalized spacial score (nSPS) is 38.3. The monoisotopic (exact) mass is 343 g/mol. The molecule has 1 aliphatic heterocycles. The van der Waals surface area contributed by atoms with Crippen LogP contribution in [0.4, 0.5) is 5.69 Å². The van der Waals surface area contributed by atoms with Crippen molar-refractivity contribution in [1.82, 2.24) is 0 Å². The number of carbonyl (C=O) groups is 3. The molecule has 122 valence electrons. The number of hydrogen-bond donors (Lipinski definition) is 1. The van der Waals surface area contributed by atoms with Crippen LogP contribution in [0, 0.1) is 35.5 Å². The van der Waals surface area contributed by atoms with Crippen LogP contribution in [-0.4, -0.2) is 22.9 Å². The maximum atomic E-state index is 13.0. The van der Waals surface area contributed by atoms with Gasteiger partial charge in [-0.25, -0.2) is 9.69 Å². The number of halogens is 1. The molecular formula is C18H14ClNO4. The lowest BCUT2D eigenvalue weighted by atomic mass is 9.63. The molecule has 0 unspecified atom stereocenters. The highest BCUT2D eigenvalue weighted by molar-refractivity contribution is 6.34. The van der Waals surface area contributed by atoms with Crippen LogP contribution in [0.15, 0.2) is 30.4 Å². The van der Waals surface area contributed by atoms with Crippen molar-refractivity contribution in [3.8, 4) is 0 Å². The highest BCUT2D eigenvalue weighted by atomic mass is 35.5. The molecule has 2 bridgehead atoms. The Balaban J connectivity index is 1.57. The molecule has 6 heteroatoms. The number of anilines is 1. The predicted octanol–water partition coefficient (Wildman–Crippen LogP) is 2.60. The summed E-state index contributed by atoms with van der Waals surface area (Å²) in [5.41, 5.74) is 0.197. The van der Waals surface area contributed by atoms with Crippen molar-refractivity contribution < 1.29 is 19.5 Å². The number of carboxylic acids is 1. The van der Waals surface area contributed by atoms with E-state index in [2.05, 4.69) is 12.2 Å². The number of aromatic carboxylic acids is 1. The number of rotatable bonds is 2. The molecule has 2 amide bonds. The zero-order valence-corrected chi connectivity index (χ0v) is 13.3. The first kappa shape index (κ1) is 14.2. The minimum Gasteiger partial charge on any atom is -0.478 e. The summed E-state index contributed by atoms with van der Waals surface area (Å²) in [4.78, 5) is 38.4. The lowest BCUT2D eigenvalue weighted by Gasteiger charge is -2.37. The first-order valence-corrected chi connectivity index (χ1v) is 8.46. The van der Waals surface area contributed by atoms with Gasteiger partial charge in [-0.05, 0) is 48.3 Å². The van der Waals surface area contributed by atoms with Crippen molar-refractivity contribution in [2.45, 2.75) is 6.42 Å². The van der Waals surface area contributed by atoms with E-state index < -0.39 is 5.97 Å². The molecule has 5 aliphatic rings. The second kappa shape index (κ2) is 4.48. The molecule has 1 aromatic rings. The van der Waals surface area contributed by atoms with Crippen molar-refractivity contribution in [2.75, 3.05) is 4.90 Å². The fraction of sp³-hybridized carbons (Fsp3) is 0.389. The maximum absolute atomic E-state index is 13.0. The summed E-state index contributed by atoms with van der Waals surface area (Å²) >= 11 is 5.89. The van der Waals surface area contributed by atoms with E-state index in [1.807, 2.05) is 0 Å². The van der Waals surface area contributed by atoms with Crippen LogP contribution in [0.1, 0.15) is 16.8 Å². The molecule has 2 saturated carbocycles. The van der Waals surface area contributed by atoms with Crippen molar-refractivity contribution in [3.63, 3.8) is 0 Å². The quantitative estimate of drug-likeness (QED) is 0.661. The lowest BCUT2D eigenvalue weighted by molar-refractivity contribution is -0.124. The molecule has 3 fully saturated rings. The van der Waals surface area contributed by atoms with Crippen molar-refractivity contribution >= 4 is 35.1 Å². The highest BCUT2D eigenvalue weighted by Gasteiger charge is 2.67. The largest absolute Gasteiger partial charge is 0.478 e. The third-order valence-electron chi connectivity index (χ3n) is 6.10. The van der Waals surface area contributed by atoms with Crippen LogP contribution in [0.2, 0.25) is 5.02 Å². The van der Waals surface area contributed by atoms with Gasteiger partial charge < -0.3 is 5.11 Å². The summed E-state index contributed by atoms with van der Waals surface area (Å²) in [7, 11) is 0. The van der Waals surface area contributed by atoms with E-state index in [-0.39, 0.29) is 46.1 Å². The molecule has 6 atom stereocenters. The van der Waals surface area contributed by atoms with Crippen LogP contribution in [0.3, 0.4) is 0 Å². The Bertz CT molecular complexity index is 811. The summed E-state index contributed by atoms with van der Waals surface area (Å²) in [6.07, 6.45) is 5.33. The first-order valence-electron chi connectivity index (χ1n) is 8.08. The summed E-state index contributed by atoms with van der Waals surface area (Å²) in [6.45, 7) is 0. The minimum absolute atomic E-state index is 0.0886. The minimum atomic E-state index is -1.18. The van der Waals surface area contributed by atoms with Crippen LogP contribution in [0.5, 0.6) is 0 Å². The molecule has 1 aromatic carbocycles. The summed E-state index contributed by atoms with van der Waals surface area (Å²) in [5, 5.41) is 9.31. The van der Waals surface area contributed by atoms with Gasteiger partial charge in [-0.3, -0.25) is 9.59 Å². The summed E-state index contributed by atoms with van der Waals surface area (Å²) < 4.78 is 0. The average molecular weight is 344 g/mol. The molecule has 0 radical (unpaired) electrons. The molecule has 4 aliphatic carbocycles. The number of hydrogen-bond acceptors (Lipinski definition) is 3. The zero-order valence-electron chi connectivity index (χ0n) is 12.6. The fourth-order valence-electron chi connectivity index (χ4n) is 5.03. The standard InChI is InChI=1S/C18H14ClNO4/c19-13-4-1-7(5-12(13)18(23)24)20-16(21)14-8-2-3-9(11-6-10(8)11)15(14)17(20)22/h1-5,8-11,14-15H,6H2,(H,23,24)/t8-,9-,10+,11+,14-,15-/m1/s1. The van der Waals surface area contributed by atoms with Gasteiger partial charge in [0.25, 0.3) is 0 Å². The Morgan fingerprint density at radius 2 is 1.67 bits per heavy atom. The summed E-state index contributed by atoms with van der Waals surface area (Å²) in [5.74, 6) is -0.783. The second-order valence-corrected chi connectivity index (χ2v) is 7.54. The van der Waals surface area contributed by atoms with Gasteiger partial charge in [0.1, 0.15) is 0 Å². The number of allylic oxidation sites excluding steroid dienone is 2. The lowest BCUT2D eigenvalue weighted by Crippen LogP contribution is -2.40. The van der Waals surface area contributed by atoms with E-state index in [0.717, 1.165) is 6.42 Å². The van der Waals surface area contributed by atoms with Gasteiger partial charge in [0.15, 0.2) is 0 Å². The number of carboxylic acid groups (broad SMARTS) is 1.